The number of rotatable bonds is 5. The minimum absolute atomic E-state index is 0. The minimum Gasteiger partial charge on any atom is -0.107 e. The van der Waals surface area contributed by atoms with E-state index in [-0.39, 0.29) is 24.0 Å². The molecule has 3 aromatic rings. The molecule has 0 aliphatic rings. The van der Waals surface area contributed by atoms with Gasteiger partial charge in [0.15, 0.2) is 0 Å². The van der Waals surface area contributed by atoms with Crippen LogP contribution in [0.1, 0.15) is 13.8 Å². The zero-order valence-electron chi connectivity index (χ0n) is 14.3. The minimum atomic E-state index is -1.61. The van der Waals surface area contributed by atoms with Crippen molar-refractivity contribution in [3.63, 3.8) is 0 Å². The lowest BCUT2D eigenvalue weighted by molar-refractivity contribution is 0.745. The first-order valence-corrected chi connectivity index (χ1v) is 10.3. The van der Waals surface area contributed by atoms with Gasteiger partial charge in [-0.1, -0.05) is 105 Å². The van der Waals surface area contributed by atoms with Crippen molar-refractivity contribution in [1.82, 2.24) is 0 Å². The Hall–Kier alpha value is -1.18. The van der Waals surface area contributed by atoms with Crippen molar-refractivity contribution in [2.24, 2.45) is 5.92 Å². The lowest BCUT2D eigenvalue weighted by Gasteiger charge is -2.39. The molecule has 0 saturated heterocycles. The van der Waals surface area contributed by atoms with Crippen LogP contribution in [0.4, 0.5) is 0 Å². The average Bonchev–Trinajstić information content (AvgIpc) is 2.62. The molecule has 125 valence electrons. The summed E-state index contributed by atoms with van der Waals surface area (Å²) in [6.45, 7) is 4.67. The second kappa shape index (κ2) is 8.78. The number of hydrogen-bond acceptors (Lipinski definition) is 0. The van der Waals surface area contributed by atoms with E-state index < -0.39 is 7.26 Å². The van der Waals surface area contributed by atoms with E-state index in [0.717, 1.165) is 0 Å². The Labute approximate surface area is 163 Å². The van der Waals surface area contributed by atoms with Crippen molar-refractivity contribution >= 4 is 47.2 Å². The summed E-state index contributed by atoms with van der Waals surface area (Å²) in [4.78, 5) is 0. The summed E-state index contributed by atoms with van der Waals surface area (Å²) >= 11 is 0. The molecule has 0 atom stereocenters. The number of benzene rings is 3. The fourth-order valence-corrected chi connectivity index (χ4v) is 8.02. The van der Waals surface area contributed by atoms with Crippen LogP contribution < -0.4 is 15.9 Å². The van der Waals surface area contributed by atoms with Gasteiger partial charge < -0.3 is 0 Å². The highest BCUT2D eigenvalue weighted by Crippen LogP contribution is 2.56. The van der Waals surface area contributed by atoms with Gasteiger partial charge >= 0.3 is 0 Å². The molecular weight excluding hydrogens is 422 g/mol. The zero-order chi connectivity index (χ0) is 16.1. The first-order chi connectivity index (χ1) is 11.2. The Morgan fingerprint density at radius 2 is 0.875 bits per heavy atom. The van der Waals surface area contributed by atoms with Gasteiger partial charge in [-0.05, 0) is 35.3 Å². The number of halogens is 1. The lowest BCUT2D eigenvalue weighted by Crippen LogP contribution is -2.34. The molecule has 0 aliphatic carbocycles. The van der Waals surface area contributed by atoms with Crippen molar-refractivity contribution in [2.45, 2.75) is 13.8 Å². The predicted octanol–water partition coefficient (Wildman–Crippen LogP) is 5.25. The van der Waals surface area contributed by atoms with Crippen LogP contribution >= 0.6 is 31.2 Å². The summed E-state index contributed by atoms with van der Waals surface area (Å²) in [6, 6.07) is 33.3. The first-order valence-electron chi connectivity index (χ1n) is 8.28. The average molecular weight is 447 g/mol. The summed E-state index contributed by atoms with van der Waals surface area (Å²) in [5.41, 5.74) is 0. The summed E-state index contributed by atoms with van der Waals surface area (Å²) in [5, 5.41) is 4.43. The van der Waals surface area contributed by atoms with Crippen molar-refractivity contribution < 1.29 is 0 Å². The fraction of sp³-hybridized carbons (Fsp3) is 0.182. The van der Waals surface area contributed by atoms with Crippen LogP contribution in [0.15, 0.2) is 91.0 Å². The van der Waals surface area contributed by atoms with E-state index in [0.29, 0.717) is 5.92 Å². The van der Waals surface area contributed by atoms with E-state index in [4.69, 9.17) is 0 Å². The Morgan fingerprint density at radius 3 is 1.12 bits per heavy atom. The summed E-state index contributed by atoms with van der Waals surface area (Å²) in [5.74, 6) is 0.643. The van der Waals surface area contributed by atoms with E-state index in [1.54, 1.807) is 0 Å². The molecule has 0 nitrogen and oxygen atoms in total. The summed E-state index contributed by atoms with van der Waals surface area (Å²) in [6.07, 6.45) is 1.20. The van der Waals surface area contributed by atoms with Crippen molar-refractivity contribution in [2.75, 3.05) is 6.16 Å². The predicted molar refractivity (Wildman–Crippen MR) is 120 cm³/mol. The highest BCUT2D eigenvalue weighted by molar-refractivity contribution is 14.0. The van der Waals surface area contributed by atoms with Crippen molar-refractivity contribution in [3.8, 4) is 0 Å². The molecule has 3 aromatic carbocycles. The third-order valence-electron chi connectivity index (χ3n) is 4.23. The molecule has 0 saturated carbocycles. The number of hydrogen-bond donors (Lipinski definition) is 0. The Morgan fingerprint density at radius 1 is 0.583 bits per heavy atom. The van der Waals surface area contributed by atoms with Gasteiger partial charge in [-0.2, -0.15) is 0 Å². The molecular formula is C22H25IP. The molecule has 0 N–H and O–H groups in total. The summed E-state index contributed by atoms with van der Waals surface area (Å²) < 4.78 is 0. The molecule has 0 unspecified atom stereocenters. The van der Waals surface area contributed by atoms with Gasteiger partial charge in [-0.3, -0.25) is 0 Å². The molecule has 24 heavy (non-hydrogen) atoms. The maximum Gasteiger partial charge on any atom is -0.0196 e. The summed E-state index contributed by atoms with van der Waals surface area (Å²) in [7, 11) is -1.61. The van der Waals surface area contributed by atoms with E-state index in [2.05, 4.69) is 105 Å². The molecule has 1 radical (unpaired) electrons. The van der Waals surface area contributed by atoms with Crippen LogP contribution in [0.3, 0.4) is 0 Å². The quantitative estimate of drug-likeness (QED) is 0.370. The van der Waals surface area contributed by atoms with Crippen molar-refractivity contribution in [1.29, 1.82) is 0 Å². The van der Waals surface area contributed by atoms with Gasteiger partial charge in [0.05, 0.1) is 0 Å². The second-order valence-electron chi connectivity index (χ2n) is 6.39. The van der Waals surface area contributed by atoms with E-state index in [9.17, 15) is 0 Å². The van der Waals surface area contributed by atoms with E-state index in [1.807, 2.05) is 0 Å². The lowest BCUT2D eigenvalue weighted by atomic mass is 10.3. The van der Waals surface area contributed by atoms with Gasteiger partial charge in [0, 0.05) is 0 Å². The van der Waals surface area contributed by atoms with Gasteiger partial charge in [0.1, 0.15) is 0 Å². The molecule has 2 heteroatoms. The Balaban J connectivity index is 0.00000208. The zero-order valence-corrected chi connectivity index (χ0v) is 17.5. The third-order valence-corrected chi connectivity index (χ3v) is 9.05. The van der Waals surface area contributed by atoms with Gasteiger partial charge in [0.25, 0.3) is 0 Å². The van der Waals surface area contributed by atoms with Crippen LogP contribution in [-0.4, -0.2) is 6.16 Å². The Bertz CT molecular complexity index is 627. The van der Waals surface area contributed by atoms with E-state index in [1.165, 1.54) is 22.1 Å². The molecule has 0 aliphatic heterocycles. The first kappa shape index (κ1) is 19.1. The maximum atomic E-state index is 2.34. The highest BCUT2D eigenvalue weighted by Gasteiger charge is 2.34. The van der Waals surface area contributed by atoms with E-state index >= 15 is 0 Å². The molecule has 3 rings (SSSR count). The molecule has 0 heterocycles. The SMILES string of the molecule is CC(C)C[P](c1ccccc1)(c1ccccc1)c1ccccc1.I. The van der Waals surface area contributed by atoms with Gasteiger partial charge in [-0.25, -0.2) is 0 Å². The highest BCUT2D eigenvalue weighted by atomic mass is 127. The third kappa shape index (κ3) is 3.90. The normalized spacial score (nSPS) is 11.1. The molecule has 0 spiro atoms. The largest absolute Gasteiger partial charge is 0.107 e. The van der Waals surface area contributed by atoms with Crippen LogP contribution in [0.2, 0.25) is 0 Å². The van der Waals surface area contributed by atoms with Crippen molar-refractivity contribution in [3.05, 3.63) is 91.0 Å². The van der Waals surface area contributed by atoms with Crippen LogP contribution in [-0.2, 0) is 0 Å². The monoisotopic (exact) mass is 447 g/mol. The van der Waals surface area contributed by atoms with Crippen LogP contribution in [0, 0.1) is 5.92 Å². The fourth-order valence-electron chi connectivity index (χ4n) is 3.36. The molecule has 0 aromatic heterocycles. The molecule has 0 bridgehead atoms. The molecule has 0 amide bonds. The maximum absolute atomic E-state index is 2.34. The van der Waals surface area contributed by atoms with Crippen LogP contribution in [0.5, 0.6) is 0 Å². The Kier molecular flexibility index (Phi) is 7.01. The van der Waals surface area contributed by atoms with Gasteiger partial charge in [0.2, 0.25) is 0 Å². The topological polar surface area (TPSA) is 0 Å². The van der Waals surface area contributed by atoms with Gasteiger partial charge in [-0.15, -0.1) is 24.0 Å². The molecule has 0 fully saturated rings. The second-order valence-corrected chi connectivity index (χ2v) is 9.93. The van der Waals surface area contributed by atoms with Crippen LogP contribution in [0.25, 0.3) is 0 Å². The smallest absolute Gasteiger partial charge is 0.0196 e. The standard InChI is InChI=1S/C22H24P.HI/c1-19(2)18-23(20-12-6-3-7-13-20,21-14-8-4-9-15-21)22-16-10-5-11-17-22;/h3-17,19H,18H2,1-2H3;1H.